The molecule has 1 aliphatic heterocycles. The van der Waals surface area contributed by atoms with Gasteiger partial charge in [-0.2, -0.15) is 0 Å². The van der Waals surface area contributed by atoms with Gasteiger partial charge >= 0.3 is 0 Å². The van der Waals surface area contributed by atoms with E-state index in [-0.39, 0.29) is 10.6 Å². The molecule has 1 aliphatic rings. The van der Waals surface area contributed by atoms with Crippen molar-refractivity contribution in [3.8, 4) is 0 Å². The summed E-state index contributed by atoms with van der Waals surface area (Å²) in [5.41, 5.74) is 1.10. The number of anilines is 1. The molecule has 2 amide bonds. The normalized spacial score (nSPS) is 14.2. The highest BCUT2D eigenvalue weighted by molar-refractivity contribution is 9.10. The van der Waals surface area contributed by atoms with Crippen molar-refractivity contribution in [1.29, 1.82) is 0 Å². The molecule has 0 aliphatic carbocycles. The van der Waals surface area contributed by atoms with Gasteiger partial charge in [-0.3, -0.25) is 9.59 Å². The first-order chi connectivity index (χ1) is 12.3. The van der Waals surface area contributed by atoms with Gasteiger partial charge in [-0.1, -0.05) is 28.1 Å². The minimum absolute atomic E-state index is 0.0930. The van der Waals surface area contributed by atoms with E-state index in [0.717, 1.165) is 14.8 Å². The summed E-state index contributed by atoms with van der Waals surface area (Å²) in [7, 11) is -3.86. The molecule has 0 fully saturated rings. The molecule has 0 atom stereocenters. The fourth-order valence-corrected chi connectivity index (χ4v) is 4.06. The maximum Gasteiger partial charge on any atom is 0.265 e. The maximum atomic E-state index is 13.0. The van der Waals surface area contributed by atoms with Crippen LogP contribution >= 0.6 is 15.9 Å². The van der Waals surface area contributed by atoms with Gasteiger partial charge in [0.05, 0.1) is 10.6 Å². The molecule has 0 spiro atoms. The van der Waals surface area contributed by atoms with Crippen LogP contribution in [0.15, 0.2) is 64.0 Å². The Hall–Kier alpha value is -2.55. The van der Waals surface area contributed by atoms with Gasteiger partial charge < -0.3 is 0 Å². The van der Waals surface area contributed by atoms with E-state index >= 15 is 0 Å². The molecule has 2 N–H and O–H groups in total. The second kappa shape index (κ2) is 5.73. The summed E-state index contributed by atoms with van der Waals surface area (Å²) < 4.78 is 23.6. The Balaban J connectivity index is 1.90. The minimum Gasteiger partial charge on any atom is -0.268 e. The number of carbonyl (C=O) groups is 2. The van der Waals surface area contributed by atoms with Crippen molar-refractivity contribution in [2.45, 2.75) is 4.90 Å². The summed E-state index contributed by atoms with van der Waals surface area (Å²) >= 11 is 3.44. The third-order valence-corrected chi connectivity index (χ3v) is 5.90. The van der Waals surface area contributed by atoms with Crippen molar-refractivity contribution in [2.75, 3.05) is 4.90 Å². The molecule has 0 radical (unpaired) electrons. The topological polar surface area (TPSA) is 97.5 Å². The fraction of sp³-hybridized carbons (Fsp3) is 0. The molecule has 0 saturated heterocycles. The predicted octanol–water partition coefficient (Wildman–Crippen LogP) is 3.05. The Morgan fingerprint density at radius 2 is 1.46 bits per heavy atom. The van der Waals surface area contributed by atoms with E-state index in [1.54, 1.807) is 24.3 Å². The predicted molar refractivity (Wildman–Crippen MR) is 101 cm³/mol. The van der Waals surface area contributed by atoms with Crippen LogP contribution < -0.4 is 10.0 Å². The number of carbonyl (C=O) groups excluding carboxylic acids is 2. The summed E-state index contributed by atoms with van der Waals surface area (Å²) in [6.07, 6.45) is 0. The van der Waals surface area contributed by atoms with Gasteiger partial charge in [0.15, 0.2) is 0 Å². The largest absolute Gasteiger partial charge is 0.268 e. The Bertz CT molecular complexity index is 1180. The van der Waals surface area contributed by atoms with Crippen molar-refractivity contribution >= 4 is 54.2 Å². The molecule has 0 bridgehead atoms. The Morgan fingerprint density at radius 1 is 0.846 bits per heavy atom. The van der Waals surface area contributed by atoms with E-state index < -0.39 is 21.8 Å². The number of nitrogens with two attached hydrogens (primary N) is 1. The van der Waals surface area contributed by atoms with E-state index in [4.69, 9.17) is 5.14 Å². The van der Waals surface area contributed by atoms with Crippen LogP contribution in [0.1, 0.15) is 20.7 Å². The second-order valence-corrected chi connectivity index (χ2v) is 8.22. The zero-order valence-corrected chi connectivity index (χ0v) is 15.5. The van der Waals surface area contributed by atoms with Crippen LogP contribution in [-0.4, -0.2) is 20.2 Å². The molecule has 0 saturated carbocycles. The van der Waals surface area contributed by atoms with Crippen LogP contribution in [0.3, 0.4) is 0 Å². The number of nitrogens with zero attached hydrogens (tertiary/aromatic N) is 1. The number of benzene rings is 3. The molecule has 1 heterocycles. The average Bonchev–Trinajstić information content (AvgIpc) is 2.60. The van der Waals surface area contributed by atoms with Gasteiger partial charge in [-0.25, -0.2) is 18.5 Å². The second-order valence-electron chi connectivity index (χ2n) is 5.81. The van der Waals surface area contributed by atoms with E-state index in [9.17, 15) is 18.0 Å². The first kappa shape index (κ1) is 16.9. The maximum absolute atomic E-state index is 13.0. The van der Waals surface area contributed by atoms with Gasteiger partial charge in [0.1, 0.15) is 0 Å². The molecular weight excluding hydrogens is 420 g/mol. The molecule has 0 aromatic heterocycles. The molecule has 130 valence electrons. The lowest BCUT2D eigenvalue weighted by atomic mass is 9.94. The highest BCUT2D eigenvalue weighted by Gasteiger charge is 2.34. The van der Waals surface area contributed by atoms with Crippen LogP contribution in [0.4, 0.5) is 5.69 Å². The first-order valence-electron chi connectivity index (χ1n) is 7.52. The van der Waals surface area contributed by atoms with Gasteiger partial charge in [-0.05, 0) is 47.9 Å². The number of halogens is 1. The number of amides is 2. The lowest BCUT2D eigenvalue weighted by Crippen LogP contribution is -2.40. The van der Waals surface area contributed by atoms with Gasteiger partial charge in [0.2, 0.25) is 10.0 Å². The Kier molecular flexibility index (Phi) is 3.72. The number of hydrogen-bond acceptors (Lipinski definition) is 4. The SMILES string of the molecule is NS(=O)(=O)c1ccc(N2C(=O)c3cccc4c(Br)ccc(c34)C2=O)cc1. The molecular formula is C18H11BrN2O4S. The third kappa shape index (κ3) is 2.45. The number of hydrogen-bond donors (Lipinski definition) is 1. The van der Waals surface area contributed by atoms with Crippen LogP contribution in [-0.2, 0) is 10.0 Å². The van der Waals surface area contributed by atoms with Crippen molar-refractivity contribution in [1.82, 2.24) is 0 Å². The fourth-order valence-electron chi connectivity index (χ4n) is 3.08. The van der Waals surface area contributed by atoms with E-state index in [1.165, 1.54) is 24.3 Å². The van der Waals surface area contributed by atoms with Crippen molar-refractivity contribution in [3.05, 3.63) is 70.2 Å². The summed E-state index contributed by atoms with van der Waals surface area (Å²) in [4.78, 5) is 26.9. The van der Waals surface area contributed by atoms with Gasteiger partial charge in [0, 0.05) is 21.0 Å². The van der Waals surface area contributed by atoms with Crippen molar-refractivity contribution in [3.63, 3.8) is 0 Å². The molecule has 4 rings (SSSR count). The average molecular weight is 431 g/mol. The minimum atomic E-state index is -3.86. The van der Waals surface area contributed by atoms with Crippen molar-refractivity contribution < 1.29 is 18.0 Å². The summed E-state index contributed by atoms with van der Waals surface area (Å²) in [6, 6.07) is 14.0. The highest BCUT2D eigenvalue weighted by atomic mass is 79.9. The lowest BCUT2D eigenvalue weighted by Gasteiger charge is -2.27. The zero-order chi connectivity index (χ0) is 18.6. The zero-order valence-electron chi connectivity index (χ0n) is 13.1. The number of imide groups is 1. The smallest absolute Gasteiger partial charge is 0.265 e. The van der Waals surface area contributed by atoms with Crippen LogP contribution in [0.5, 0.6) is 0 Å². The van der Waals surface area contributed by atoms with E-state index in [0.29, 0.717) is 16.5 Å². The molecule has 26 heavy (non-hydrogen) atoms. The lowest BCUT2D eigenvalue weighted by molar-refractivity contribution is 0.0893. The summed E-state index contributed by atoms with van der Waals surface area (Å²) in [5.74, 6) is -0.927. The standard InChI is InChI=1S/C18H11BrN2O4S/c19-15-9-8-14-16-12(15)2-1-3-13(16)17(22)21(18(14)23)10-4-6-11(7-5-10)26(20,24)25/h1-9H,(H2,20,24,25). The van der Waals surface area contributed by atoms with Crippen LogP contribution in [0.2, 0.25) is 0 Å². The van der Waals surface area contributed by atoms with Crippen molar-refractivity contribution in [2.24, 2.45) is 5.14 Å². The molecule has 3 aromatic carbocycles. The van der Waals surface area contributed by atoms with E-state index in [2.05, 4.69) is 15.9 Å². The highest BCUT2D eigenvalue weighted by Crippen LogP contribution is 2.36. The van der Waals surface area contributed by atoms with Crippen LogP contribution in [0.25, 0.3) is 10.8 Å². The number of sulfonamides is 1. The monoisotopic (exact) mass is 430 g/mol. The Morgan fingerprint density at radius 3 is 2.08 bits per heavy atom. The quantitative estimate of drug-likeness (QED) is 0.631. The molecule has 8 heteroatoms. The van der Waals surface area contributed by atoms with Gasteiger partial charge in [-0.15, -0.1) is 0 Å². The molecule has 6 nitrogen and oxygen atoms in total. The number of rotatable bonds is 2. The third-order valence-electron chi connectivity index (χ3n) is 4.28. The Labute approximate surface area is 157 Å². The molecule has 3 aromatic rings. The van der Waals surface area contributed by atoms with E-state index in [1.807, 2.05) is 6.07 Å². The molecule has 0 unspecified atom stereocenters. The first-order valence-corrected chi connectivity index (χ1v) is 9.86. The summed E-state index contributed by atoms with van der Waals surface area (Å²) in [5, 5.41) is 6.48. The summed E-state index contributed by atoms with van der Waals surface area (Å²) in [6.45, 7) is 0. The van der Waals surface area contributed by atoms with Gasteiger partial charge in [0.25, 0.3) is 11.8 Å². The van der Waals surface area contributed by atoms with Crippen LogP contribution in [0, 0.1) is 0 Å². The number of primary sulfonamides is 1.